The van der Waals surface area contributed by atoms with Gasteiger partial charge in [-0.1, -0.05) is 20.8 Å². The van der Waals surface area contributed by atoms with E-state index in [2.05, 4.69) is 38.3 Å². The van der Waals surface area contributed by atoms with Crippen molar-refractivity contribution in [2.45, 2.75) is 101 Å². The average Bonchev–Trinajstić information content (AvgIpc) is 3.23. The molecule has 2 bridgehead atoms. The van der Waals surface area contributed by atoms with Crippen LogP contribution in [0.1, 0.15) is 80.1 Å². The summed E-state index contributed by atoms with van der Waals surface area (Å²) in [6.07, 6.45) is 4.61. The van der Waals surface area contributed by atoms with Crippen molar-refractivity contribution in [3.8, 4) is 0 Å². The first-order chi connectivity index (χ1) is 15.2. The van der Waals surface area contributed by atoms with Crippen LogP contribution in [0.15, 0.2) is 0 Å². The number of thioether (sulfide) groups is 1. The van der Waals surface area contributed by atoms with Gasteiger partial charge in [0.1, 0.15) is 6.04 Å². The molecule has 8 heteroatoms. The van der Waals surface area contributed by atoms with Gasteiger partial charge in [0, 0.05) is 30.5 Å². The molecule has 3 aliphatic heterocycles. The number of rotatable bonds is 9. The number of nitrogens with zero attached hydrogens (tertiary/aromatic N) is 1. The molecule has 0 aliphatic carbocycles. The van der Waals surface area contributed by atoms with Crippen molar-refractivity contribution in [2.75, 3.05) is 20.2 Å². The summed E-state index contributed by atoms with van der Waals surface area (Å²) >= 11 is 1.71. The minimum atomic E-state index is -0.579. The number of unbranched alkanes of at least 4 members (excludes halogenated alkanes) is 2. The first-order valence-corrected chi connectivity index (χ1v) is 13.2. The third-order valence-electron chi connectivity index (χ3n) is 7.54. The lowest BCUT2D eigenvalue weighted by atomic mass is 9.66. The van der Waals surface area contributed by atoms with Crippen molar-refractivity contribution in [1.82, 2.24) is 15.5 Å². The molecule has 0 aromatic carbocycles. The number of likely N-dealkylation sites (tertiary alicyclic amines) is 1. The molecule has 7 nitrogen and oxygen atoms in total. The number of hydrogen-bond acceptors (Lipinski definition) is 5. The summed E-state index contributed by atoms with van der Waals surface area (Å²) in [6, 6.07) is -0.579. The van der Waals surface area contributed by atoms with E-state index in [0.717, 1.165) is 32.1 Å². The zero-order valence-corrected chi connectivity index (χ0v) is 22.2. The van der Waals surface area contributed by atoms with Gasteiger partial charge in [0.25, 0.3) is 0 Å². The predicted molar refractivity (Wildman–Crippen MR) is 132 cm³/mol. The van der Waals surface area contributed by atoms with Crippen LogP contribution in [0.5, 0.6) is 0 Å². The molecule has 3 fully saturated rings. The van der Waals surface area contributed by atoms with Crippen LogP contribution in [0, 0.1) is 17.3 Å². The molecule has 0 aromatic heterocycles. The lowest BCUT2D eigenvalue weighted by Crippen LogP contribution is -2.58. The summed E-state index contributed by atoms with van der Waals surface area (Å²) in [5, 5.41) is 15.2. The van der Waals surface area contributed by atoms with Gasteiger partial charge >= 0.3 is 0 Å². The van der Waals surface area contributed by atoms with Crippen LogP contribution in [0.4, 0.5) is 0 Å². The van der Waals surface area contributed by atoms with Crippen molar-refractivity contribution < 1.29 is 19.5 Å². The highest BCUT2D eigenvalue weighted by Crippen LogP contribution is 2.71. The van der Waals surface area contributed by atoms with E-state index < -0.39 is 28.2 Å². The van der Waals surface area contributed by atoms with Crippen LogP contribution >= 0.6 is 11.8 Å². The molecule has 5 atom stereocenters. The summed E-state index contributed by atoms with van der Waals surface area (Å²) in [7, 11) is 1.63. The van der Waals surface area contributed by atoms with Gasteiger partial charge < -0.3 is 20.6 Å². The molecule has 3 aliphatic rings. The summed E-state index contributed by atoms with van der Waals surface area (Å²) in [5.41, 5.74) is -0.369. The van der Waals surface area contributed by atoms with Crippen LogP contribution in [-0.2, 0) is 14.4 Å². The molecular formula is C25H43N3O4S. The Bertz CT molecular complexity index is 795. The maximum absolute atomic E-state index is 13.9. The number of carbonyl (C=O) groups is 3. The number of amides is 3. The van der Waals surface area contributed by atoms with E-state index in [0.29, 0.717) is 13.0 Å². The second-order valence-electron chi connectivity index (χ2n) is 12.3. The molecule has 3 rings (SSSR count). The van der Waals surface area contributed by atoms with Crippen LogP contribution in [0.25, 0.3) is 0 Å². The van der Waals surface area contributed by atoms with Crippen LogP contribution in [0.3, 0.4) is 0 Å². The Balaban J connectivity index is 1.95. The molecular weight excluding hydrogens is 438 g/mol. The smallest absolute Gasteiger partial charge is 0.244 e. The topological polar surface area (TPSA) is 98.7 Å². The Hall–Kier alpha value is -1.28. The number of nitrogens with one attached hydrogen (secondary N) is 2. The highest BCUT2D eigenvalue weighted by molar-refractivity contribution is 8.02. The SMILES string of the molecule is CNC(=O)[C@@H]1[C@H]2C(=O)N(CCCCCO)C(C(=O)NC(C)(C)CC(C)(C)C)C23CC[C@@]1(C)S3. The second kappa shape index (κ2) is 9.06. The molecule has 0 radical (unpaired) electrons. The van der Waals surface area contributed by atoms with Gasteiger partial charge in [-0.15, -0.1) is 11.8 Å². The Labute approximate surface area is 203 Å². The summed E-state index contributed by atoms with van der Waals surface area (Å²) in [5.74, 6) is -1.15. The Morgan fingerprint density at radius 3 is 2.36 bits per heavy atom. The molecule has 0 aromatic rings. The Morgan fingerprint density at radius 1 is 1.12 bits per heavy atom. The third-order valence-corrected chi connectivity index (χ3v) is 9.53. The molecule has 3 N–H and O–H groups in total. The molecule has 3 amide bonds. The lowest BCUT2D eigenvalue weighted by Gasteiger charge is -2.38. The summed E-state index contributed by atoms with van der Waals surface area (Å²) < 4.78 is -0.898. The number of aliphatic hydroxyl groups excluding tert-OH is 1. The Morgan fingerprint density at radius 2 is 1.79 bits per heavy atom. The van der Waals surface area contributed by atoms with Gasteiger partial charge in [-0.25, -0.2) is 0 Å². The standard InChI is InChI=1S/C25H43N3O4S/c1-22(2,3)15-23(4,5)27-20(31)18-25-12-11-24(6,33-25)16(19(30)26-7)17(25)21(32)28(18)13-9-8-10-14-29/h16-18,29H,8-15H2,1-7H3,(H,26,30)(H,27,31)/t16-,17-,18?,24+,25?/m0/s1. The molecule has 33 heavy (non-hydrogen) atoms. The van der Waals surface area contributed by atoms with E-state index >= 15 is 0 Å². The third kappa shape index (κ3) is 4.79. The van der Waals surface area contributed by atoms with E-state index in [1.54, 1.807) is 23.7 Å². The van der Waals surface area contributed by atoms with Gasteiger partial charge in [-0.3, -0.25) is 14.4 Å². The average molecular weight is 482 g/mol. The van der Waals surface area contributed by atoms with Crippen molar-refractivity contribution >= 4 is 29.5 Å². The Kier molecular flexibility index (Phi) is 7.23. The number of aliphatic hydroxyl groups is 1. The minimum Gasteiger partial charge on any atom is -0.396 e. The fourth-order valence-corrected chi connectivity index (χ4v) is 9.22. The summed E-state index contributed by atoms with van der Waals surface area (Å²) in [6.45, 7) is 13.2. The van der Waals surface area contributed by atoms with Gasteiger partial charge in [-0.05, 0) is 64.7 Å². The van der Waals surface area contributed by atoms with E-state index in [1.165, 1.54) is 0 Å². The van der Waals surface area contributed by atoms with Crippen LogP contribution in [0.2, 0.25) is 0 Å². The van der Waals surface area contributed by atoms with Crippen LogP contribution in [-0.4, -0.2) is 69.0 Å². The maximum atomic E-state index is 13.9. The summed E-state index contributed by atoms with van der Waals surface area (Å²) in [4.78, 5) is 42.4. The number of carbonyl (C=O) groups excluding carboxylic acids is 3. The van der Waals surface area contributed by atoms with Crippen molar-refractivity contribution in [3.05, 3.63) is 0 Å². The van der Waals surface area contributed by atoms with Crippen molar-refractivity contribution in [3.63, 3.8) is 0 Å². The first kappa shape index (κ1) is 26.3. The maximum Gasteiger partial charge on any atom is 0.244 e. The molecule has 188 valence electrons. The quantitative estimate of drug-likeness (QED) is 0.440. The van der Waals surface area contributed by atoms with Crippen LogP contribution < -0.4 is 10.6 Å². The lowest BCUT2D eigenvalue weighted by molar-refractivity contribution is -0.140. The first-order valence-electron chi connectivity index (χ1n) is 12.4. The van der Waals surface area contributed by atoms with E-state index in [4.69, 9.17) is 5.11 Å². The van der Waals surface area contributed by atoms with E-state index in [9.17, 15) is 14.4 Å². The normalized spacial score (nSPS) is 33.4. The van der Waals surface area contributed by atoms with E-state index in [1.807, 2.05) is 13.8 Å². The highest BCUT2D eigenvalue weighted by Gasteiger charge is 2.77. The zero-order chi connectivity index (χ0) is 24.8. The zero-order valence-electron chi connectivity index (χ0n) is 21.4. The fourth-order valence-electron chi connectivity index (χ4n) is 6.87. The van der Waals surface area contributed by atoms with Gasteiger partial charge in [0.2, 0.25) is 17.7 Å². The minimum absolute atomic E-state index is 0.0471. The molecule has 2 unspecified atom stereocenters. The number of fused-ring (bicyclic) bond motifs is 1. The van der Waals surface area contributed by atoms with Crippen molar-refractivity contribution in [1.29, 1.82) is 0 Å². The van der Waals surface area contributed by atoms with Gasteiger partial charge in [0.15, 0.2) is 0 Å². The largest absolute Gasteiger partial charge is 0.396 e. The second-order valence-corrected chi connectivity index (χ2v) is 14.2. The highest BCUT2D eigenvalue weighted by atomic mass is 32.2. The molecule has 3 heterocycles. The molecule has 1 spiro atoms. The number of hydrogen-bond donors (Lipinski definition) is 3. The molecule has 3 saturated heterocycles. The fraction of sp³-hybridized carbons (Fsp3) is 0.880. The van der Waals surface area contributed by atoms with Gasteiger partial charge in [-0.2, -0.15) is 0 Å². The monoisotopic (exact) mass is 481 g/mol. The molecule has 0 saturated carbocycles. The van der Waals surface area contributed by atoms with E-state index in [-0.39, 0.29) is 34.5 Å². The van der Waals surface area contributed by atoms with Gasteiger partial charge in [0.05, 0.1) is 16.6 Å². The predicted octanol–water partition coefficient (Wildman–Crippen LogP) is 2.71. The van der Waals surface area contributed by atoms with Crippen molar-refractivity contribution in [2.24, 2.45) is 17.3 Å².